The van der Waals surface area contributed by atoms with Crippen molar-refractivity contribution in [3.8, 4) is 0 Å². The molecule has 2 fully saturated rings. The highest BCUT2D eigenvalue weighted by atomic mass is 19.1. The van der Waals surface area contributed by atoms with Crippen LogP contribution in [0.1, 0.15) is 41.1 Å². The van der Waals surface area contributed by atoms with Gasteiger partial charge in [-0.3, -0.25) is 9.20 Å². The van der Waals surface area contributed by atoms with Crippen LogP contribution in [0.5, 0.6) is 0 Å². The van der Waals surface area contributed by atoms with Crippen LogP contribution in [0.3, 0.4) is 0 Å². The minimum absolute atomic E-state index is 0.0260. The summed E-state index contributed by atoms with van der Waals surface area (Å²) in [5.41, 5.74) is 5.79. The largest absolute Gasteiger partial charge is 0.477 e. The summed E-state index contributed by atoms with van der Waals surface area (Å²) in [6.07, 6.45) is 3.63. The molecule has 0 bridgehead atoms. The SMILES string of the molecule is NC1CCN(c2nc3c(C4CC4)cc(C(=O)O)c(=O)n3cc2F)C1. The first-order valence-electron chi connectivity index (χ1n) is 7.95. The van der Waals surface area contributed by atoms with E-state index >= 15 is 0 Å². The Morgan fingerprint density at radius 1 is 1.38 bits per heavy atom. The van der Waals surface area contributed by atoms with Crippen LogP contribution in [0, 0.1) is 5.82 Å². The van der Waals surface area contributed by atoms with Gasteiger partial charge in [-0.15, -0.1) is 0 Å². The van der Waals surface area contributed by atoms with Gasteiger partial charge in [-0.25, -0.2) is 14.2 Å². The van der Waals surface area contributed by atoms with Gasteiger partial charge in [0.05, 0.1) is 6.20 Å². The molecule has 1 unspecified atom stereocenters. The Labute approximate surface area is 136 Å². The van der Waals surface area contributed by atoms with Gasteiger partial charge in [0.2, 0.25) is 0 Å². The molecule has 24 heavy (non-hydrogen) atoms. The maximum absolute atomic E-state index is 14.5. The third kappa shape index (κ3) is 2.34. The lowest BCUT2D eigenvalue weighted by Gasteiger charge is -2.19. The topological polar surface area (TPSA) is 101 Å². The lowest BCUT2D eigenvalue weighted by molar-refractivity contribution is 0.0694. The van der Waals surface area contributed by atoms with Crippen molar-refractivity contribution in [1.29, 1.82) is 0 Å². The Balaban J connectivity index is 1.95. The van der Waals surface area contributed by atoms with Gasteiger partial charge in [0.15, 0.2) is 11.6 Å². The zero-order valence-corrected chi connectivity index (χ0v) is 12.9. The van der Waals surface area contributed by atoms with Crippen molar-refractivity contribution in [2.45, 2.75) is 31.2 Å². The molecule has 0 amide bonds. The van der Waals surface area contributed by atoms with Crippen molar-refractivity contribution in [2.24, 2.45) is 5.73 Å². The fourth-order valence-corrected chi connectivity index (χ4v) is 3.26. The molecule has 1 aliphatic carbocycles. The predicted molar refractivity (Wildman–Crippen MR) is 85.2 cm³/mol. The minimum Gasteiger partial charge on any atom is -0.477 e. The summed E-state index contributed by atoms with van der Waals surface area (Å²) in [6, 6.07) is 1.36. The Morgan fingerprint density at radius 2 is 2.12 bits per heavy atom. The number of hydrogen-bond donors (Lipinski definition) is 2. The van der Waals surface area contributed by atoms with Crippen LogP contribution in [0.25, 0.3) is 5.65 Å². The number of fused-ring (bicyclic) bond motifs is 1. The van der Waals surface area contributed by atoms with Crippen molar-refractivity contribution in [3.63, 3.8) is 0 Å². The highest BCUT2D eigenvalue weighted by Crippen LogP contribution is 2.42. The van der Waals surface area contributed by atoms with E-state index in [1.807, 2.05) is 0 Å². The fourth-order valence-electron chi connectivity index (χ4n) is 3.26. The summed E-state index contributed by atoms with van der Waals surface area (Å²) in [5, 5.41) is 9.23. The molecular formula is C16H17FN4O3. The molecule has 1 atom stereocenters. The molecule has 2 aromatic heterocycles. The number of carboxylic acids is 1. The van der Waals surface area contributed by atoms with Crippen molar-refractivity contribution >= 4 is 17.4 Å². The second-order valence-corrected chi connectivity index (χ2v) is 6.50. The van der Waals surface area contributed by atoms with E-state index in [4.69, 9.17) is 5.73 Å². The van der Waals surface area contributed by atoms with Crippen molar-refractivity contribution in [1.82, 2.24) is 9.38 Å². The molecule has 2 aromatic rings. The van der Waals surface area contributed by atoms with E-state index in [0.717, 1.165) is 29.9 Å². The predicted octanol–water partition coefficient (Wildman–Crippen LogP) is 0.947. The summed E-state index contributed by atoms with van der Waals surface area (Å²) in [4.78, 5) is 29.8. The molecular weight excluding hydrogens is 315 g/mol. The van der Waals surface area contributed by atoms with E-state index in [1.165, 1.54) is 6.07 Å². The van der Waals surface area contributed by atoms with Crippen LogP contribution in [0.4, 0.5) is 10.2 Å². The fraction of sp³-hybridized carbons (Fsp3) is 0.438. The summed E-state index contributed by atoms with van der Waals surface area (Å²) >= 11 is 0. The van der Waals surface area contributed by atoms with E-state index in [1.54, 1.807) is 4.90 Å². The molecule has 4 rings (SSSR count). The molecule has 3 heterocycles. The van der Waals surface area contributed by atoms with Gasteiger partial charge < -0.3 is 15.7 Å². The maximum atomic E-state index is 14.5. The van der Waals surface area contributed by atoms with E-state index in [0.29, 0.717) is 24.3 Å². The number of nitrogens with two attached hydrogens (primary N) is 1. The third-order valence-corrected chi connectivity index (χ3v) is 4.68. The van der Waals surface area contributed by atoms with Gasteiger partial charge in [0.25, 0.3) is 5.56 Å². The van der Waals surface area contributed by atoms with E-state index in [9.17, 15) is 19.1 Å². The molecule has 1 aliphatic heterocycles. The Morgan fingerprint density at radius 3 is 2.71 bits per heavy atom. The lowest BCUT2D eigenvalue weighted by Crippen LogP contribution is -2.29. The number of anilines is 1. The number of aromatic carboxylic acids is 1. The van der Waals surface area contributed by atoms with E-state index in [2.05, 4.69) is 4.98 Å². The van der Waals surface area contributed by atoms with Gasteiger partial charge in [-0.05, 0) is 36.8 Å². The number of rotatable bonds is 3. The van der Waals surface area contributed by atoms with Crippen molar-refractivity contribution in [2.75, 3.05) is 18.0 Å². The first-order valence-corrected chi connectivity index (χ1v) is 7.95. The lowest BCUT2D eigenvalue weighted by atomic mass is 10.1. The van der Waals surface area contributed by atoms with Crippen molar-refractivity contribution < 1.29 is 14.3 Å². The quantitative estimate of drug-likeness (QED) is 0.868. The molecule has 7 nitrogen and oxygen atoms in total. The average molecular weight is 332 g/mol. The molecule has 0 radical (unpaired) electrons. The zero-order valence-electron chi connectivity index (χ0n) is 12.9. The van der Waals surface area contributed by atoms with Gasteiger partial charge in [0, 0.05) is 19.1 Å². The van der Waals surface area contributed by atoms with E-state index in [-0.39, 0.29) is 23.3 Å². The summed E-state index contributed by atoms with van der Waals surface area (Å²) in [5.74, 6) is -1.62. The Hall–Kier alpha value is -2.48. The number of halogens is 1. The molecule has 0 spiro atoms. The smallest absolute Gasteiger partial charge is 0.341 e. The first-order chi connectivity index (χ1) is 11.5. The van der Waals surface area contributed by atoms with Crippen LogP contribution in [-0.4, -0.2) is 39.6 Å². The minimum atomic E-state index is -1.31. The molecule has 3 N–H and O–H groups in total. The molecule has 2 aliphatic rings. The zero-order chi connectivity index (χ0) is 17.0. The number of hydrogen-bond acceptors (Lipinski definition) is 5. The molecule has 1 saturated heterocycles. The summed E-state index contributed by atoms with van der Waals surface area (Å²) in [7, 11) is 0. The molecule has 8 heteroatoms. The van der Waals surface area contributed by atoms with Crippen molar-refractivity contribution in [3.05, 3.63) is 39.6 Å². The summed E-state index contributed by atoms with van der Waals surface area (Å²) in [6.45, 7) is 1.12. The normalized spacial score (nSPS) is 20.8. The maximum Gasteiger partial charge on any atom is 0.341 e. The standard InChI is InChI=1S/C16H17FN4O3/c17-12-7-21-13(19-14(12)20-4-3-9(18)6-20)10(8-1-2-8)5-11(15(21)22)16(23)24/h5,7-9H,1-4,6,18H2,(H,23,24). The number of carboxylic acid groups (broad SMARTS) is 1. The molecule has 126 valence electrons. The van der Waals surface area contributed by atoms with Crippen LogP contribution in [-0.2, 0) is 0 Å². The van der Waals surface area contributed by atoms with E-state index < -0.39 is 17.3 Å². The van der Waals surface area contributed by atoms with Gasteiger partial charge in [-0.2, -0.15) is 0 Å². The third-order valence-electron chi connectivity index (χ3n) is 4.68. The number of aromatic nitrogens is 2. The van der Waals surface area contributed by atoms with Gasteiger partial charge >= 0.3 is 5.97 Å². The van der Waals surface area contributed by atoms with Gasteiger partial charge in [0.1, 0.15) is 11.2 Å². The number of carbonyl (C=O) groups is 1. The molecule has 0 aromatic carbocycles. The molecule has 1 saturated carbocycles. The first kappa shape index (κ1) is 15.1. The Bertz CT molecular complexity index is 906. The second-order valence-electron chi connectivity index (χ2n) is 6.50. The summed E-state index contributed by atoms with van der Waals surface area (Å²) < 4.78 is 15.5. The number of pyridine rings is 1. The van der Waals surface area contributed by atoms with Gasteiger partial charge in [-0.1, -0.05) is 0 Å². The second kappa shape index (κ2) is 5.27. The highest BCUT2D eigenvalue weighted by Gasteiger charge is 2.31. The Kier molecular flexibility index (Phi) is 3.31. The van der Waals surface area contributed by atoms with Crippen LogP contribution in [0.2, 0.25) is 0 Å². The van der Waals surface area contributed by atoms with Crippen LogP contribution < -0.4 is 16.2 Å². The average Bonchev–Trinajstić information content (AvgIpc) is 3.28. The highest BCUT2D eigenvalue weighted by molar-refractivity contribution is 5.88. The monoisotopic (exact) mass is 332 g/mol. The van der Waals surface area contributed by atoms with Crippen LogP contribution >= 0.6 is 0 Å². The number of nitrogens with zero attached hydrogens (tertiary/aromatic N) is 3. The van der Waals surface area contributed by atoms with Crippen LogP contribution in [0.15, 0.2) is 17.1 Å².